The Morgan fingerprint density at radius 1 is 0.938 bits per heavy atom. The second-order valence-corrected chi connectivity index (χ2v) is 6.07. The lowest BCUT2D eigenvalue weighted by atomic mass is 9.52. The van der Waals surface area contributed by atoms with Crippen LogP contribution in [-0.2, 0) is 5.41 Å². The molecule has 0 heterocycles. The molecular weight excluding hydrogens is 199 g/mol. The number of halogens is 1. The Kier molecular flexibility index (Phi) is 2.14. The predicted octanol–water partition coefficient (Wildman–Crippen LogP) is 4.44. The third-order valence-electron chi connectivity index (χ3n) is 5.07. The van der Waals surface area contributed by atoms with E-state index in [1.165, 1.54) is 38.5 Å². The minimum Gasteiger partial charge on any atom is -0.207 e. The molecule has 0 N–H and O–H groups in total. The van der Waals surface area contributed by atoms with Crippen LogP contribution in [0.15, 0.2) is 24.3 Å². The number of hydrogen-bond donors (Lipinski definition) is 0. The highest BCUT2D eigenvalue weighted by atomic mass is 19.1. The first-order valence-electron chi connectivity index (χ1n) is 6.39. The zero-order valence-corrected chi connectivity index (χ0v) is 9.93. The topological polar surface area (TPSA) is 0 Å². The van der Waals surface area contributed by atoms with Gasteiger partial charge in [0.2, 0.25) is 0 Å². The summed E-state index contributed by atoms with van der Waals surface area (Å²) < 4.78 is 13.9. The average molecular weight is 218 g/mol. The highest BCUT2D eigenvalue weighted by Gasteiger charge is 2.47. The summed E-state index contributed by atoms with van der Waals surface area (Å²) in [7, 11) is 0. The van der Waals surface area contributed by atoms with Gasteiger partial charge in [-0.15, -0.1) is 0 Å². The quantitative estimate of drug-likeness (QED) is 0.653. The lowest BCUT2D eigenvalue weighted by Gasteiger charge is -2.52. The minimum absolute atomic E-state index is 0.00741. The van der Waals surface area contributed by atoms with Gasteiger partial charge in [0.25, 0.3) is 0 Å². The number of hydrogen-bond acceptors (Lipinski definition) is 0. The van der Waals surface area contributed by atoms with Gasteiger partial charge in [-0.3, -0.25) is 0 Å². The summed E-state index contributed by atoms with van der Waals surface area (Å²) in [6.45, 7) is 2.40. The Morgan fingerprint density at radius 2 is 1.50 bits per heavy atom. The van der Waals surface area contributed by atoms with Crippen molar-refractivity contribution < 1.29 is 4.39 Å². The fourth-order valence-corrected chi connectivity index (χ4v) is 3.67. The van der Waals surface area contributed by atoms with Crippen molar-refractivity contribution in [3.05, 3.63) is 35.6 Å². The lowest BCUT2D eigenvalue weighted by Crippen LogP contribution is -2.43. The zero-order chi connectivity index (χ0) is 11.2. The van der Waals surface area contributed by atoms with Gasteiger partial charge >= 0.3 is 0 Å². The molecule has 3 fully saturated rings. The van der Waals surface area contributed by atoms with Gasteiger partial charge < -0.3 is 0 Å². The van der Waals surface area contributed by atoms with Crippen LogP contribution < -0.4 is 0 Å². The Morgan fingerprint density at radius 3 is 2.06 bits per heavy atom. The van der Waals surface area contributed by atoms with E-state index in [1.54, 1.807) is 12.1 Å². The van der Waals surface area contributed by atoms with Gasteiger partial charge in [0.15, 0.2) is 0 Å². The summed E-state index contributed by atoms with van der Waals surface area (Å²) in [6.07, 6.45) is 7.39. The first kappa shape index (κ1) is 10.3. The fraction of sp³-hybridized carbons (Fsp3) is 0.600. The van der Waals surface area contributed by atoms with E-state index in [0.717, 1.165) is 5.56 Å². The Hall–Kier alpha value is -0.850. The van der Waals surface area contributed by atoms with Crippen molar-refractivity contribution >= 4 is 0 Å². The van der Waals surface area contributed by atoms with E-state index in [2.05, 4.69) is 6.92 Å². The molecule has 1 aromatic rings. The first-order chi connectivity index (χ1) is 7.64. The van der Waals surface area contributed by atoms with Crippen molar-refractivity contribution in [1.82, 2.24) is 0 Å². The van der Waals surface area contributed by atoms with Gasteiger partial charge in [-0.25, -0.2) is 4.39 Å². The summed E-state index contributed by atoms with van der Waals surface area (Å²) in [5.74, 6) is 0.00741. The molecule has 86 valence electrons. The van der Waals surface area contributed by atoms with Gasteiger partial charge in [0.05, 0.1) is 0 Å². The summed E-state index contributed by atoms with van der Waals surface area (Å²) in [5, 5.41) is 0. The van der Waals surface area contributed by atoms with Crippen LogP contribution in [0.4, 0.5) is 4.39 Å². The Labute approximate surface area is 96.9 Å². The van der Waals surface area contributed by atoms with Crippen LogP contribution in [0.2, 0.25) is 0 Å². The molecular formula is C15H19F. The van der Waals surface area contributed by atoms with Gasteiger partial charge in [-0.1, -0.05) is 25.1 Å². The predicted molar refractivity (Wildman–Crippen MR) is 63.9 cm³/mol. The van der Waals surface area contributed by atoms with Gasteiger partial charge in [0.1, 0.15) is 5.82 Å². The summed E-state index contributed by atoms with van der Waals surface area (Å²) >= 11 is 0. The smallest absolute Gasteiger partial charge is 0.126 e. The monoisotopic (exact) mass is 218 g/mol. The third kappa shape index (κ3) is 1.41. The van der Waals surface area contributed by atoms with Crippen LogP contribution in [0.3, 0.4) is 0 Å². The van der Waals surface area contributed by atoms with E-state index < -0.39 is 0 Å². The van der Waals surface area contributed by atoms with Crippen LogP contribution in [0.5, 0.6) is 0 Å². The maximum Gasteiger partial charge on any atom is 0.126 e. The number of rotatable bonds is 1. The van der Waals surface area contributed by atoms with Crippen LogP contribution in [0.1, 0.15) is 51.0 Å². The van der Waals surface area contributed by atoms with Crippen molar-refractivity contribution in [3.63, 3.8) is 0 Å². The van der Waals surface area contributed by atoms with Crippen LogP contribution in [-0.4, -0.2) is 0 Å². The molecule has 0 radical (unpaired) electrons. The van der Waals surface area contributed by atoms with Crippen molar-refractivity contribution in [3.8, 4) is 0 Å². The summed E-state index contributed by atoms with van der Waals surface area (Å²) in [4.78, 5) is 0. The molecule has 0 spiro atoms. The molecule has 3 aliphatic carbocycles. The molecule has 4 rings (SSSR count). The fourth-order valence-electron chi connectivity index (χ4n) is 3.67. The Bertz CT molecular complexity index is 383. The Balaban J connectivity index is 1.99. The molecule has 0 nitrogen and oxygen atoms in total. The van der Waals surface area contributed by atoms with Crippen molar-refractivity contribution in [2.24, 2.45) is 5.41 Å². The molecule has 0 atom stereocenters. The minimum atomic E-state index is 0.00741. The van der Waals surface area contributed by atoms with E-state index in [-0.39, 0.29) is 11.2 Å². The van der Waals surface area contributed by atoms with Gasteiger partial charge in [-0.2, -0.15) is 0 Å². The zero-order valence-electron chi connectivity index (χ0n) is 9.93. The molecule has 3 saturated carbocycles. The second kappa shape index (κ2) is 3.32. The molecule has 0 amide bonds. The van der Waals surface area contributed by atoms with Crippen LogP contribution >= 0.6 is 0 Å². The van der Waals surface area contributed by atoms with E-state index in [1.807, 2.05) is 12.1 Å². The SMILES string of the molecule is CC12CCC(c3ccccc3F)(CC1)CC2. The molecule has 2 bridgehead atoms. The van der Waals surface area contributed by atoms with Gasteiger partial charge in [0, 0.05) is 0 Å². The molecule has 0 saturated heterocycles. The first-order valence-corrected chi connectivity index (χ1v) is 6.39. The number of benzene rings is 1. The summed E-state index contributed by atoms with van der Waals surface area (Å²) in [5.41, 5.74) is 1.72. The largest absolute Gasteiger partial charge is 0.207 e. The van der Waals surface area contributed by atoms with E-state index >= 15 is 0 Å². The van der Waals surface area contributed by atoms with E-state index in [4.69, 9.17) is 0 Å². The van der Waals surface area contributed by atoms with Crippen LogP contribution in [0, 0.1) is 11.2 Å². The maximum absolute atomic E-state index is 13.9. The number of fused-ring (bicyclic) bond motifs is 3. The van der Waals surface area contributed by atoms with Crippen LogP contribution in [0.25, 0.3) is 0 Å². The highest BCUT2D eigenvalue weighted by Crippen LogP contribution is 2.57. The van der Waals surface area contributed by atoms with Crippen molar-refractivity contribution in [2.75, 3.05) is 0 Å². The van der Waals surface area contributed by atoms with E-state index in [0.29, 0.717) is 5.41 Å². The molecule has 1 heteroatoms. The second-order valence-electron chi connectivity index (χ2n) is 6.07. The van der Waals surface area contributed by atoms with Crippen molar-refractivity contribution in [2.45, 2.75) is 50.9 Å². The van der Waals surface area contributed by atoms with Crippen molar-refractivity contribution in [1.29, 1.82) is 0 Å². The standard InChI is InChI=1S/C15H19F/c1-14-6-9-15(10-7-14,11-8-14)12-4-2-3-5-13(12)16/h2-5H,6-11H2,1H3. The van der Waals surface area contributed by atoms with E-state index in [9.17, 15) is 4.39 Å². The normalized spacial score (nSPS) is 37.6. The molecule has 3 aliphatic rings. The molecule has 0 aliphatic heterocycles. The lowest BCUT2D eigenvalue weighted by molar-refractivity contribution is 0.0536. The highest BCUT2D eigenvalue weighted by molar-refractivity contribution is 5.29. The molecule has 0 unspecified atom stereocenters. The maximum atomic E-state index is 13.9. The van der Waals surface area contributed by atoms with Gasteiger partial charge in [-0.05, 0) is 61.0 Å². The summed E-state index contributed by atoms with van der Waals surface area (Å²) in [6, 6.07) is 7.40. The molecule has 16 heavy (non-hydrogen) atoms. The molecule has 0 aromatic heterocycles. The third-order valence-corrected chi connectivity index (χ3v) is 5.07. The molecule has 1 aromatic carbocycles. The average Bonchev–Trinajstić information content (AvgIpc) is 2.31.